The van der Waals surface area contributed by atoms with Crippen molar-refractivity contribution in [1.82, 2.24) is 19.4 Å². The fourth-order valence-electron chi connectivity index (χ4n) is 4.44. The summed E-state index contributed by atoms with van der Waals surface area (Å²) in [6, 6.07) is 15.8. The van der Waals surface area contributed by atoms with Crippen molar-refractivity contribution >= 4 is 39.3 Å². The lowest BCUT2D eigenvalue weighted by Gasteiger charge is -2.17. The Hall–Kier alpha value is -4.73. The third-order valence-electron chi connectivity index (χ3n) is 6.67. The van der Waals surface area contributed by atoms with Gasteiger partial charge in [0.15, 0.2) is 0 Å². The molecule has 0 atom stereocenters. The number of rotatable bonds is 14. The number of benzene rings is 3. The van der Waals surface area contributed by atoms with Gasteiger partial charge < -0.3 is 19.9 Å². The molecule has 0 bridgehead atoms. The third-order valence-corrected chi connectivity index (χ3v) is 8.47. The molecule has 3 aromatic carbocycles. The van der Waals surface area contributed by atoms with Crippen LogP contribution < -0.4 is 19.5 Å². The number of methoxy groups -OCH3 is 2. The van der Waals surface area contributed by atoms with Crippen LogP contribution >= 0.6 is 11.6 Å². The van der Waals surface area contributed by atoms with Crippen LogP contribution in [0, 0.1) is 0 Å². The first-order valence-electron chi connectivity index (χ1n) is 13.6. The van der Waals surface area contributed by atoms with Crippen molar-refractivity contribution in [2.45, 2.75) is 30.8 Å². The molecule has 16 heteroatoms. The summed E-state index contributed by atoms with van der Waals surface area (Å²) in [4.78, 5) is 24.5. The molecule has 0 unspecified atom stereocenters. The summed E-state index contributed by atoms with van der Waals surface area (Å²) in [5.74, 6) is 0.441. The van der Waals surface area contributed by atoms with E-state index in [4.69, 9.17) is 21.1 Å². The maximum atomic E-state index is 13.8. The average Bonchev–Trinajstić information content (AvgIpc) is 3.48. The van der Waals surface area contributed by atoms with Crippen LogP contribution in [0.4, 0.5) is 19.3 Å². The number of ether oxygens (including phenoxy) is 2. The molecule has 0 fully saturated rings. The first-order valence-corrected chi connectivity index (χ1v) is 15.4. The van der Waals surface area contributed by atoms with Crippen LogP contribution in [-0.4, -0.2) is 67.4 Å². The number of carbonyl (C=O) groups excluding carboxylic acids is 1. The van der Waals surface area contributed by atoms with E-state index in [1.165, 1.54) is 49.5 Å². The Labute approximate surface area is 268 Å². The number of hydrogen-bond acceptors (Lipinski definition) is 7. The Morgan fingerprint density at radius 2 is 1.83 bits per heavy atom. The zero-order valence-electron chi connectivity index (χ0n) is 24.6. The fraction of sp³-hybridized carbons (Fsp3) is 0.233. The molecule has 4 rings (SSSR count). The van der Waals surface area contributed by atoms with Gasteiger partial charge in [-0.2, -0.15) is 5.10 Å². The molecule has 1 aromatic heterocycles. The van der Waals surface area contributed by atoms with Gasteiger partial charge >= 0.3 is 6.09 Å². The summed E-state index contributed by atoms with van der Waals surface area (Å²) in [5, 5.41) is 16.5. The van der Waals surface area contributed by atoms with Gasteiger partial charge in [-0.05, 0) is 35.9 Å². The Bertz CT molecular complexity index is 1820. The summed E-state index contributed by atoms with van der Waals surface area (Å²) in [6.45, 7) is -1.60. The van der Waals surface area contributed by atoms with E-state index in [9.17, 15) is 31.9 Å². The number of hydrogen-bond donors (Lipinski definition) is 3. The van der Waals surface area contributed by atoms with Gasteiger partial charge in [0.05, 0.1) is 45.6 Å². The van der Waals surface area contributed by atoms with Crippen molar-refractivity contribution in [1.29, 1.82) is 0 Å². The number of aromatic nitrogens is 2. The van der Waals surface area contributed by atoms with E-state index in [0.717, 1.165) is 0 Å². The highest BCUT2D eigenvalue weighted by molar-refractivity contribution is 7.89. The van der Waals surface area contributed by atoms with Gasteiger partial charge in [-0.3, -0.25) is 9.69 Å². The molecule has 0 aliphatic heterocycles. The third kappa shape index (κ3) is 8.71. The number of sulfonamides is 1. The van der Waals surface area contributed by atoms with Crippen molar-refractivity contribution < 1.29 is 41.4 Å². The summed E-state index contributed by atoms with van der Waals surface area (Å²) in [7, 11) is -1.40. The molecule has 0 saturated heterocycles. The van der Waals surface area contributed by atoms with E-state index < -0.39 is 41.5 Å². The molecule has 0 saturated carbocycles. The van der Waals surface area contributed by atoms with Crippen LogP contribution in [0.1, 0.15) is 16.7 Å². The smallest absolute Gasteiger partial charge is 0.407 e. The van der Waals surface area contributed by atoms with Gasteiger partial charge in [0.2, 0.25) is 15.9 Å². The average molecular weight is 678 g/mol. The SMILES string of the molecule is COc1ccc(CNS(=O)(=O)c2cc(NC(=O)Cc3ccccc3Cl)ccc2-n2cc(CN(CC(F)F)C(=O)O)cn2)c(OC)c1. The molecule has 46 heavy (non-hydrogen) atoms. The van der Waals surface area contributed by atoms with E-state index in [2.05, 4.69) is 15.1 Å². The monoisotopic (exact) mass is 677 g/mol. The number of carboxylic acid groups (broad SMARTS) is 1. The fourth-order valence-corrected chi connectivity index (χ4v) is 5.86. The molecule has 3 N–H and O–H groups in total. The number of nitrogens with zero attached hydrogens (tertiary/aromatic N) is 3. The van der Waals surface area contributed by atoms with E-state index >= 15 is 0 Å². The predicted molar refractivity (Wildman–Crippen MR) is 165 cm³/mol. The van der Waals surface area contributed by atoms with Crippen LogP contribution in [0.3, 0.4) is 0 Å². The molecule has 12 nitrogen and oxygen atoms in total. The Morgan fingerprint density at radius 1 is 1.07 bits per heavy atom. The number of nitrogens with one attached hydrogen (secondary N) is 2. The van der Waals surface area contributed by atoms with Crippen LogP contribution in [-0.2, 0) is 34.3 Å². The second-order valence-electron chi connectivity index (χ2n) is 9.85. The molecule has 244 valence electrons. The van der Waals surface area contributed by atoms with Crippen LogP contribution in [0.15, 0.2) is 78.0 Å². The normalized spacial score (nSPS) is 11.3. The molecule has 0 spiro atoms. The van der Waals surface area contributed by atoms with Crippen LogP contribution in [0.2, 0.25) is 5.02 Å². The summed E-state index contributed by atoms with van der Waals surface area (Å²) in [5.41, 5.74) is 1.52. The van der Waals surface area contributed by atoms with E-state index in [1.54, 1.807) is 42.5 Å². The lowest BCUT2D eigenvalue weighted by atomic mass is 10.1. The number of alkyl halides is 2. The van der Waals surface area contributed by atoms with E-state index in [0.29, 0.717) is 32.5 Å². The van der Waals surface area contributed by atoms with Gasteiger partial charge in [-0.25, -0.2) is 31.4 Å². The van der Waals surface area contributed by atoms with Gasteiger partial charge in [-0.1, -0.05) is 35.9 Å². The van der Waals surface area contributed by atoms with Crippen molar-refractivity contribution in [3.63, 3.8) is 0 Å². The first kappa shape index (κ1) is 34.1. The number of anilines is 1. The predicted octanol–water partition coefficient (Wildman–Crippen LogP) is 4.95. The largest absolute Gasteiger partial charge is 0.497 e. The van der Waals surface area contributed by atoms with E-state index in [-0.39, 0.29) is 34.8 Å². The molecule has 0 aliphatic rings. The summed E-state index contributed by atoms with van der Waals surface area (Å²) in [6.07, 6.45) is -1.93. The van der Waals surface area contributed by atoms with Gasteiger partial charge in [-0.15, -0.1) is 0 Å². The van der Waals surface area contributed by atoms with E-state index in [1.807, 2.05) is 0 Å². The minimum Gasteiger partial charge on any atom is -0.497 e. The quantitative estimate of drug-likeness (QED) is 0.170. The number of halogens is 3. The minimum atomic E-state index is -4.32. The minimum absolute atomic E-state index is 0.0419. The summed E-state index contributed by atoms with van der Waals surface area (Å²) < 4.78 is 67.6. The molecule has 4 aromatic rings. The first-order chi connectivity index (χ1) is 21.9. The molecule has 0 radical (unpaired) electrons. The van der Waals surface area contributed by atoms with Gasteiger partial charge in [0.25, 0.3) is 6.43 Å². The zero-order chi connectivity index (χ0) is 33.4. The van der Waals surface area contributed by atoms with Crippen LogP contribution in [0.5, 0.6) is 11.5 Å². The maximum absolute atomic E-state index is 13.8. The molecule has 1 heterocycles. The molecular formula is C30H30ClF2N5O7S. The number of carbonyl (C=O) groups is 2. The van der Waals surface area contributed by atoms with Crippen LogP contribution in [0.25, 0.3) is 5.69 Å². The molecule has 0 aliphatic carbocycles. The molecule has 2 amide bonds. The van der Waals surface area contributed by atoms with Crippen molar-refractivity contribution in [2.24, 2.45) is 0 Å². The Balaban J connectivity index is 1.67. The number of amides is 2. The van der Waals surface area contributed by atoms with Gasteiger partial charge in [0, 0.05) is 40.6 Å². The van der Waals surface area contributed by atoms with Crippen molar-refractivity contribution in [2.75, 3.05) is 26.1 Å². The van der Waals surface area contributed by atoms with Crippen molar-refractivity contribution in [3.05, 3.63) is 94.8 Å². The highest BCUT2D eigenvalue weighted by Gasteiger charge is 2.24. The lowest BCUT2D eigenvalue weighted by molar-refractivity contribution is -0.115. The lowest BCUT2D eigenvalue weighted by Crippen LogP contribution is -2.33. The molecular weight excluding hydrogens is 648 g/mol. The van der Waals surface area contributed by atoms with Crippen molar-refractivity contribution in [3.8, 4) is 17.2 Å². The highest BCUT2D eigenvalue weighted by atomic mass is 35.5. The Kier molecular flexibility index (Phi) is 11.2. The second kappa shape index (κ2) is 15.0. The highest BCUT2D eigenvalue weighted by Crippen LogP contribution is 2.28. The topological polar surface area (TPSA) is 152 Å². The summed E-state index contributed by atoms with van der Waals surface area (Å²) >= 11 is 6.18. The maximum Gasteiger partial charge on any atom is 0.407 e. The standard InChI is InChI=1S/C30H30ClF2N5O7S/c1-44-23-9-7-21(26(13-23)45-2)15-35-46(42,43)27-12-22(36-29(39)11-20-5-3-4-6-24(20)31)8-10-25(27)38-17-19(14-34-38)16-37(30(40)41)18-28(32)33/h3-10,12-14,17,28,35H,11,15-16,18H2,1-2H3,(H,36,39)(H,40,41). The Morgan fingerprint density at radius 3 is 2.50 bits per heavy atom. The van der Waals surface area contributed by atoms with Gasteiger partial charge in [0.1, 0.15) is 16.4 Å². The zero-order valence-corrected chi connectivity index (χ0v) is 26.2. The second-order valence-corrected chi connectivity index (χ2v) is 12.0.